The Labute approximate surface area is 168 Å². The fraction of sp³-hybridized carbons (Fsp3) is 0.190. The van der Waals surface area contributed by atoms with Gasteiger partial charge in [0.05, 0.1) is 13.2 Å². The van der Waals surface area contributed by atoms with Gasteiger partial charge >= 0.3 is 11.9 Å². The smallest absolute Gasteiger partial charge is 0.328 e. The SMILES string of the molecule is N=C(Nc1ccccc1-c1ccccc1)N1CCOCC1.O=C(O)/C=C/C(=O)O. The maximum Gasteiger partial charge on any atom is 0.328 e. The minimum absolute atomic E-state index is 0.432. The number of carbonyl (C=O) groups is 2. The van der Waals surface area contributed by atoms with Crippen LogP contribution >= 0.6 is 0 Å². The highest BCUT2D eigenvalue weighted by Gasteiger charge is 2.15. The highest BCUT2D eigenvalue weighted by molar-refractivity contribution is 5.95. The summed E-state index contributed by atoms with van der Waals surface area (Å²) >= 11 is 0. The van der Waals surface area contributed by atoms with E-state index in [4.69, 9.17) is 20.4 Å². The molecule has 0 radical (unpaired) electrons. The third-order valence-electron chi connectivity index (χ3n) is 3.96. The van der Waals surface area contributed by atoms with E-state index in [0.29, 0.717) is 31.3 Å². The van der Waals surface area contributed by atoms with Gasteiger partial charge in [0.2, 0.25) is 0 Å². The van der Waals surface area contributed by atoms with E-state index < -0.39 is 11.9 Å². The van der Waals surface area contributed by atoms with Crippen LogP contribution in [-0.2, 0) is 14.3 Å². The van der Waals surface area contributed by atoms with Crippen LogP contribution in [0.3, 0.4) is 0 Å². The van der Waals surface area contributed by atoms with Crippen LogP contribution in [0.5, 0.6) is 0 Å². The van der Waals surface area contributed by atoms with E-state index in [9.17, 15) is 9.59 Å². The summed E-state index contributed by atoms with van der Waals surface area (Å²) < 4.78 is 5.33. The molecule has 0 bridgehead atoms. The Morgan fingerprint density at radius 3 is 2.07 bits per heavy atom. The largest absolute Gasteiger partial charge is 0.478 e. The number of nitrogens with zero attached hydrogens (tertiary/aromatic N) is 1. The first kappa shape index (κ1) is 21.6. The van der Waals surface area contributed by atoms with Crippen molar-refractivity contribution >= 4 is 23.6 Å². The van der Waals surface area contributed by atoms with Crippen molar-refractivity contribution in [3.63, 3.8) is 0 Å². The number of rotatable bonds is 4. The predicted octanol–water partition coefficient (Wildman–Crippen LogP) is 2.74. The molecule has 4 N–H and O–H groups in total. The number of ether oxygens (including phenoxy) is 1. The number of anilines is 1. The average Bonchev–Trinajstić information content (AvgIpc) is 2.74. The fourth-order valence-corrected chi connectivity index (χ4v) is 2.60. The molecule has 1 aliphatic rings. The van der Waals surface area contributed by atoms with Gasteiger partial charge in [0.15, 0.2) is 5.96 Å². The lowest BCUT2D eigenvalue weighted by molar-refractivity contribution is -0.134. The van der Waals surface area contributed by atoms with E-state index in [-0.39, 0.29) is 0 Å². The molecule has 0 saturated carbocycles. The van der Waals surface area contributed by atoms with Gasteiger partial charge in [-0.2, -0.15) is 0 Å². The summed E-state index contributed by atoms with van der Waals surface area (Å²) in [5.74, 6) is -2.08. The van der Waals surface area contributed by atoms with E-state index in [1.807, 2.05) is 41.3 Å². The minimum atomic E-state index is -1.26. The molecule has 29 heavy (non-hydrogen) atoms. The Balaban J connectivity index is 0.000000321. The predicted molar refractivity (Wildman–Crippen MR) is 110 cm³/mol. The van der Waals surface area contributed by atoms with Crippen molar-refractivity contribution in [1.82, 2.24) is 4.90 Å². The third-order valence-corrected chi connectivity index (χ3v) is 3.96. The highest BCUT2D eigenvalue weighted by atomic mass is 16.5. The lowest BCUT2D eigenvalue weighted by Gasteiger charge is -2.29. The molecule has 0 aromatic heterocycles. The Morgan fingerprint density at radius 1 is 0.931 bits per heavy atom. The monoisotopic (exact) mass is 397 g/mol. The number of carboxylic acids is 2. The first-order valence-electron chi connectivity index (χ1n) is 8.94. The normalized spacial score (nSPS) is 13.3. The first-order valence-corrected chi connectivity index (χ1v) is 8.94. The number of morpholine rings is 1. The van der Waals surface area contributed by atoms with Crippen LogP contribution in [0.15, 0.2) is 66.7 Å². The number of carboxylic acid groups (broad SMARTS) is 2. The number of guanidine groups is 1. The molecule has 0 unspecified atom stereocenters. The van der Waals surface area contributed by atoms with E-state index in [2.05, 4.69) is 23.5 Å². The Hall–Kier alpha value is -3.65. The molecule has 1 saturated heterocycles. The second kappa shape index (κ2) is 11.3. The molecule has 1 heterocycles. The van der Waals surface area contributed by atoms with Gasteiger partial charge in [0, 0.05) is 36.5 Å². The number of hydrogen-bond acceptors (Lipinski definition) is 4. The van der Waals surface area contributed by atoms with Crippen molar-refractivity contribution in [2.45, 2.75) is 0 Å². The third kappa shape index (κ3) is 7.47. The number of nitrogens with one attached hydrogen (secondary N) is 2. The molecule has 8 nitrogen and oxygen atoms in total. The van der Waals surface area contributed by atoms with Gasteiger partial charge in [0.25, 0.3) is 0 Å². The standard InChI is InChI=1S/C17H19N3O.C4H4O4/c18-17(20-10-12-21-13-11-20)19-16-9-5-4-8-15(16)14-6-2-1-3-7-14;5-3(6)1-2-4(7)8/h1-9H,10-13H2,(H2,18,19);1-2H,(H,5,6)(H,7,8)/b;2-1+. The molecule has 152 valence electrons. The molecule has 8 heteroatoms. The minimum Gasteiger partial charge on any atom is -0.478 e. The van der Waals surface area contributed by atoms with Crippen molar-refractivity contribution < 1.29 is 24.5 Å². The van der Waals surface area contributed by atoms with Crippen LogP contribution in [0.4, 0.5) is 5.69 Å². The number of para-hydroxylation sites is 1. The summed E-state index contributed by atoms with van der Waals surface area (Å²) in [6, 6.07) is 18.3. The summed E-state index contributed by atoms with van der Waals surface area (Å²) in [6.45, 7) is 2.90. The van der Waals surface area contributed by atoms with E-state index in [0.717, 1.165) is 29.9 Å². The van der Waals surface area contributed by atoms with Crippen molar-refractivity contribution in [1.29, 1.82) is 5.41 Å². The van der Waals surface area contributed by atoms with Gasteiger partial charge < -0.3 is 25.2 Å². The molecule has 2 aromatic carbocycles. The van der Waals surface area contributed by atoms with Gasteiger partial charge in [-0.3, -0.25) is 5.41 Å². The molecular formula is C21H23N3O5. The zero-order chi connectivity index (χ0) is 21.1. The maximum absolute atomic E-state index is 9.55. The summed E-state index contributed by atoms with van der Waals surface area (Å²) in [5, 5.41) is 27.1. The fourth-order valence-electron chi connectivity index (χ4n) is 2.60. The topological polar surface area (TPSA) is 123 Å². The second-order valence-electron chi connectivity index (χ2n) is 5.99. The molecule has 3 rings (SSSR count). The maximum atomic E-state index is 9.55. The number of benzene rings is 2. The van der Waals surface area contributed by atoms with Crippen LogP contribution < -0.4 is 5.32 Å². The molecular weight excluding hydrogens is 374 g/mol. The van der Waals surface area contributed by atoms with Crippen molar-refractivity contribution in [3.8, 4) is 11.1 Å². The summed E-state index contributed by atoms with van der Waals surface area (Å²) in [6.07, 6.45) is 1.12. The van der Waals surface area contributed by atoms with Crippen molar-refractivity contribution in [2.75, 3.05) is 31.6 Å². The molecule has 0 aliphatic carbocycles. The van der Waals surface area contributed by atoms with E-state index in [1.165, 1.54) is 0 Å². The average molecular weight is 397 g/mol. The van der Waals surface area contributed by atoms with Crippen molar-refractivity contribution in [2.24, 2.45) is 0 Å². The first-order chi connectivity index (χ1) is 14.0. The van der Waals surface area contributed by atoms with Crippen LogP contribution in [0, 0.1) is 5.41 Å². The lowest BCUT2D eigenvalue weighted by Crippen LogP contribution is -2.43. The van der Waals surface area contributed by atoms with Gasteiger partial charge in [-0.15, -0.1) is 0 Å². The molecule has 1 fully saturated rings. The summed E-state index contributed by atoms with van der Waals surface area (Å²) in [5.41, 5.74) is 3.21. The number of aliphatic carboxylic acids is 2. The highest BCUT2D eigenvalue weighted by Crippen LogP contribution is 2.27. The molecule has 2 aromatic rings. The molecule has 0 atom stereocenters. The van der Waals surface area contributed by atoms with Gasteiger partial charge in [-0.1, -0.05) is 48.5 Å². The molecule has 0 amide bonds. The van der Waals surface area contributed by atoms with Gasteiger partial charge in [-0.25, -0.2) is 9.59 Å². The van der Waals surface area contributed by atoms with Crippen LogP contribution in [0.2, 0.25) is 0 Å². The zero-order valence-electron chi connectivity index (χ0n) is 15.7. The summed E-state index contributed by atoms with van der Waals surface area (Å²) in [7, 11) is 0. The lowest BCUT2D eigenvalue weighted by atomic mass is 10.0. The zero-order valence-corrected chi connectivity index (χ0v) is 15.7. The molecule has 0 spiro atoms. The second-order valence-corrected chi connectivity index (χ2v) is 5.99. The van der Waals surface area contributed by atoms with Crippen LogP contribution in [-0.4, -0.2) is 59.3 Å². The van der Waals surface area contributed by atoms with Crippen molar-refractivity contribution in [3.05, 3.63) is 66.7 Å². The molecule has 1 aliphatic heterocycles. The summed E-state index contributed by atoms with van der Waals surface area (Å²) in [4.78, 5) is 21.1. The Morgan fingerprint density at radius 2 is 1.48 bits per heavy atom. The Kier molecular flexibility index (Phi) is 8.40. The quantitative estimate of drug-likeness (QED) is 0.355. The van der Waals surface area contributed by atoms with Crippen LogP contribution in [0.25, 0.3) is 11.1 Å². The van der Waals surface area contributed by atoms with E-state index in [1.54, 1.807) is 0 Å². The van der Waals surface area contributed by atoms with Gasteiger partial charge in [0.1, 0.15) is 0 Å². The van der Waals surface area contributed by atoms with E-state index >= 15 is 0 Å². The Bertz CT molecular complexity index is 846. The van der Waals surface area contributed by atoms with Gasteiger partial charge in [-0.05, 0) is 11.6 Å². The van der Waals surface area contributed by atoms with Crippen LogP contribution in [0.1, 0.15) is 0 Å². The number of hydrogen-bond donors (Lipinski definition) is 4.